The number of rotatable bonds is 3. The molecule has 20 heavy (non-hydrogen) atoms. The predicted molar refractivity (Wildman–Crippen MR) is 65.5 cm³/mol. The normalized spacial score (nSPS) is 18.2. The molecule has 1 unspecified atom stereocenters. The monoisotopic (exact) mass is 282 g/mol. The summed E-state index contributed by atoms with van der Waals surface area (Å²) in [5.41, 5.74) is -0.919. The van der Waals surface area contributed by atoms with Crippen molar-refractivity contribution in [3.05, 3.63) is 34.1 Å². The van der Waals surface area contributed by atoms with Crippen LogP contribution in [0.1, 0.15) is 6.42 Å². The van der Waals surface area contributed by atoms with Crippen LogP contribution in [0.4, 0.5) is 15.8 Å². The van der Waals surface area contributed by atoms with Gasteiger partial charge in [0.2, 0.25) is 5.91 Å². The Morgan fingerprint density at radius 2 is 2.25 bits per heavy atom. The van der Waals surface area contributed by atoms with Gasteiger partial charge in [0, 0.05) is 19.0 Å². The lowest BCUT2D eigenvalue weighted by atomic mass is 10.1. The zero-order valence-corrected chi connectivity index (χ0v) is 10.5. The molecule has 1 aliphatic heterocycles. The molecule has 0 N–H and O–H groups in total. The molecule has 1 saturated heterocycles. The number of amides is 1. The Morgan fingerprint density at radius 3 is 2.85 bits per heavy atom. The average molecular weight is 282 g/mol. The quantitative estimate of drug-likeness (QED) is 0.473. The first-order chi connectivity index (χ1) is 9.45. The van der Waals surface area contributed by atoms with Gasteiger partial charge in [0.05, 0.1) is 18.0 Å². The molecule has 1 atom stereocenters. The first kappa shape index (κ1) is 13.9. The van der Waals surface area contributed by atoms with Gasteiger partial charge in [0.15, 0.2) is 11.5 Å². The van der Waals surface area contributed by atoms with Crippen LogP contribution in [0.2, 0.25) is 0 Å². The van der Waals surface area contributed by atoms with Crippen LogP contribution in [0.25, 0.3) is 0 Å². The summed E-state index contributed by atoms with van der Waals surface area (Å²) in [6.45, 7) is -0.132. The maximum absolute atomic E-state index is 13.8. The minimum Gasteiger partial charge on any atom is -0.469 e. The van der Waals surface area contributed by atoms with Crippen molar-refractivity contribution in [2.45, 2.75) is 6.42 Å². The zero-order valence-electron chi connectivity index (χ0n) is 10.5. The molecule has 106 valence electrons. The van der Waals surface area contributed by atoms with Gasteiger partial charge in [0.25, 0.3) is 5.69 Å². The molecule has 1 aliphatic rings. The molecule has 1 amide bonds. The van der Waals surface area contributed by atoms with Crippen LogP contribution in [0.5, 0.6) is 0 Å². The number of anilines is 1. The van der Waals surface area contributed by atoms with Crippen molar-refractivity contribution in [1.29, 1.82) is 0 Å². The SMILES string of the molecule is COC(=O)C1CC(=O)N(c2c(F)cccc2[N+](=O)[O-])C1. The number of carbonyl (C=O) groups is 2. The average Bonchev–Trinajstić information content (AvgIpc) is 2.79. The number of benzene rings is 1. The van der Waals surface area contributed by atoms with Crippen molar-refractivity contribution in [1.82, 2.24) is 0 Å². The highest BCUT2D eigenvalue weighted by Gasteiger charge is 2.39. The van der Waals surface area contributed by atoms with Gasteiger partial charge in [-0.1, -0.05) is 6.07 Å². The third-order valence-corrected chi connectivity index (χ3v) is 3.09. The topological polar surface area (TPSA) is 89.8 Å². The van der Waals surface area contributed by atoms with Crippen molar-refractivity contribution in [2.75, 3.05) is 18.6 Å². The van der Waals surface area contributed by atoms with E-state index in [-0.39, 0.29) is 13.0 Å². The molecule has 8 heteroatoms. The van der Waals surface area contributed by atoms with E-state index in [1.165, 1.54) is 13.2 Å². The van der Waals surface area contributed by atoms with Gasteiger partial charge in [-0.15, -0.1) is 0 Å². The number of nitro groups is 1. The van der Waals surface area contributed by atoms with Crippen LogP contribution < -0.4 is 4.90 Å². The van der Waals surface area contributed by atoms with Crippen molar-refractivity contribution in [2.24, 2.45) is 5.92 Å². The second kappa shape index (κ2) is 5.24. The Hall–Kier alpha value is -2.51. The fourth-order valence-electron chi connectivity index (χ4n) is 2.17. The van der Waals surface area contributed by atoms with E-state index in [0.29, 0.717) is 0 Å². The van der Waals surface area contributed by atoms with Crippen LogP contribution in [-0.2, 0) is 14.3 Å². The van der Waals surface area contributed by atoms with Gasteiger partial charge < -0.3 is 9.64 Å². The van der Waals surface area contributed by atoms with Gasteiger partial charge in [-0.3, -0.25) is 19.7 Å². The Balaban J connectivity index is 2.40. The molecule has 1 aromatic rings. The third-order valence-electron chi connectivity index (χ3n) is 3.09. The number of halogens is 1. The maximum Gasteiger partial charge on any atom is 0.311 e. The number of nitrogens with zero attached hydrogens (tertiary/aromatic N) is 2. The molecule has 0 aliphatic carbocycles. The Labute approximate surface area is 113 Å². The van der Waals surface area contributed by atoms with E-state index in [9.17, 15) is 24.1 Å². The fourth-order valence-corrected chi connectivity index (χ4v) is 2.17. The first-order valence-corrected chi connectivity index (χ1v) is 5.76. The highest BCUT2D eigenvalue weighted by Crippen LogP contribution is 2.35. The van der Waals surface area contributed by atoms with E-state index in [4.69, 9.17) is 0 Å². The lowest BCUT2D eigenvalue weighted by molar-refractivity contribution is -0.384. The van der Waals surface area contributed by atoms with Crippen molar-refractivity contribution in [3.8, 4) is 0 Å². The number of para-hydroxylation sites is 1. The minimum absolute atomic E-state index is 0.132. The van der Waals surface area contributed by atoms with Crippen molar-refractivity contribution < 1.29 is 23.6 Å². The first-order valence-electron chi connectivity index (χ1n) is 5.76. The molecule has 2 rings (SSSR count). The van der Waals surface area contributed by atoms with E-state index >= 15 is 0 Å². The Morgan fingerprint density at radius 1 is 1.55 bits per heavy atom. The van der Waals surface area contributed by atoms with Gasteiger partial charge in [-0.05, 0) is 6.07 Å². The molecular weight excluding hydrogens is 271 g/mol. The van der Waals surface area contributed by atoms with E-state index in [1.807, 2.05) is 0 Å². The number of ether oxygens (including phenoxy) is 1. The highest BCUT2D eigenvalue weighted by atomic mass is 19.1. The number of hydrogen-bond donors (Lipinski definition) is 0. The molecule has 0 bridgehead atoms. The molecule has 0 saturated carbocycles. The summed E-state index contributed by atoms with van der Waals surface area (Å²) >= 11 is 0. The molecule has 0 aromatic heterocycles. The Kier molecular flexibility index (Phi) is 3.64. The van der Waals surface area contributed by atoms with Gasteiger partial charge in [0.1, 0.15) is 0 Å². The van der Waals surface area contributed by atoms with E-state index in [2.05, 4.69) is 4.74 Å². The van der Waals surface area contributed by atoms with E-state index < -0.39 is 39.9 Å². The molecular formula is C12H11FN2O5. The van der Waals surface area contributed by atoms with Gasteiger partial charge >= 0.3 is 5.97 Å². The number of hydrogen-bond acceptors (Lipinski definition) is 5. The lowest BCUT2D eigenvalue weighted by Gasteiger charge is -2.16. The van der Waals surface area contributed by atoms with Crippen LogP contribution in [0.15, 0.2) is 18.2 Å². The van der Waals surface area contributed by atoms with E-state index in [1.54, 1.807) is 0 Å². The van der Waals surface area contributed by atoms with Crippen LogP contribution in [0.3, 0.4) is 0 Å². The summed E-state index contributed by atoms with van der Waals surface area (Å²) in [5.74, 6) is -2.77. The predicted octanol–water partition coefficient (Wildman–Crippen LogP) is 1.26. The Bertz CT molecular complexity index is 589. The molecule has 7 nitrogen and oxygen atoms in total. The van der Waals surface area contributed by atoms with Crippen LogP contribution in [-0.4, -0.2) is 30.5 Å². The van der Waals surface area contributed by atoms with Gasteiger partial charge in [-0.2, -0.15) is 0 Å². The summed E-state index contributed by atoms with van der Waals surface area (Å²) < 4.78 is 18.4. The number of carbonyl (C=O) groups excluding carboxylic acids is 2. The summed E-state index contributed by atoms with van der Waals surface area (Å²) in [6, 6.07) is 3.33. The number of esters is 1. The second-order valence-electron chi connectivity index (χ2n) is 4.29. The molecule has 1 fully saturated rings. The second-order valence-corrected chi connectivity index (χ2v) is 4.29. The number of methoxy groups -OCH3 is 1. The van der Waals surface area contributed by atoms with Crippen LogP contribution in [0, 0.1) is 21.8 Å². The summed E-state index contributed by atoms with van der Waals surface area (Å²) in [7, 11) is 1.18. The minimum atomic E-state index is -0.877. The third kappa shape index (κ3) is 2.31. The highest BCUT2D eigenvalue weighted by molar-refractivity contribution is 6.01. The van der Waals surface area contributed by atoms with Crippen molar-refractivity contribution in [3.63, 3.8) is 0 Å². The lowest BCUT2D eigenvalue weighted by Crippen LogP contribution is -2.27. The molecule has 0 radical (unpaired) electrons. The van der Waals surface area contributed by atoms with Crippen LogP contribution >= 0.6 is 0 Å². The largest absolute Gasteiger partial charge is 0.469 e. The van der Waals surface area contributed by atoms with Crippen molar-refractivity contribution >= 4 is 23.3 Å². The molecule has 0 spiro atoms. The summed E-state index contributed by atoms with van der Waals surface area (Å²) in [5, 5.41) is 10.9. The summed E-state index contributed by atoms with van der Waals surface area (Å²) in [4.78, 5) is 34.4. The van der Waals surface area contributed by atoms with E-state index in [0.717, 1.165) is 17.0 Å². The molecule has 1 aromatic carbocycles. The standard InChI is InChI=1S/C12H11FN2O5/c1-20-12(17)7-5-10(16)14(6-7)11-8(13)3-2-4-9(11)15(18)19/h2-4,7H,5-6H2,1H3. The maximum atomic E-state index is 13.8. The smallest absolute Gasteiger partial charge is 0.311 e. The molecule has 1 heterocycles. The summed E-state index contributed by atoms with van der Waals surface area (Å²) in [6.07, 6.45) is -0.155. The van der Waals surface area contributed by atoms with Gasteiger partial charge in [-0.25, -0.2) is 4.39 Å². The fraction of sp³-hybridized carbons (Fsp3) is 0.333. The zero-order chi connectivity index (χ0) is 14.9. The number of nitro benzene ring substituents is 1.